The van der Waals surface area contributed by atoms with Gasteiger partial charge in [-0.25, -0.2) is 0 Å². The predicted octanol–water partition coefficient (Wildman–Crippen LogP) is 1.89. The van der Waals surface area contributed by atoms with Crippen molar-refractivity contribution < 1.29 is 27.6 Å². The van der Waals surface area contributed by atoms with Crippen molar-refractivity contribution in [1.82, 2.24) is 30.7 Å². The van der Waals surface area contributed by atoms with E-state index in [2.05, 4.69) is 20.5 Å². The van der Waals surface area contributed by atoms with E-state index in [1.807, 2.05) is 19.9 Å². The molecule has 0 radical (unpaired) electrons. The minimum Gasteiger partial charge on any atom is -0.336 e. The fourth-order valence-corrected chi connectivity index (χ4v) is 5.28. The third-order valence-corrected chi connectivity index (χ3v) is 7.42. The van der Waals surface area contributed by atoms with Crippen molar-refractivity contribution in [2.45, 2.75) is 52.0 Å². The molecule has 196 valence electrons. The van der Waals surface area contributed by atoms with Crippen LogP contribution in [0.15, 0.2) is 24.7 Å². The van der Waals surface area contributed by atoms with E-state index < -0.39 is 47.9 Å². The molecule has 0 unspecified atom stereocenters. The fourth-order valence-electron chi connectivity index (χ4n) is 5.28. The Labute approximate surface area is 210 Å². The molecule has 2 aromatic heterocycles. The summed E-state index contributed by atoms with van der Waals surface area (Å²) in [5.41, 5.74) is -0.0790. The smallest absolute Gasteiger partial charge is 0.336 e. The number of likely N-dealkylation sites (tertiary alicyclic amines) is 1. The number of amides is 3. The molecular formula is C24H26F3N7O3. The lowest BCUT2D eigenvalue weighted by molar-refractivity contribution is -0.175. The Morgan fingerprint density at radius 1 is 1.22 bits per heavy atom. The summed E-state index contributed by atoms with van der Waals surface area (Å²) in [7, 11) is 0. The molecule has 1 aliphatic heterocycles. The molecule has 0 aromatic carbocycles. The summed E-state index contributed by atoms with van der Waals surface area (Å²) >= 11 is 0. The summed E-state index contributed by atoms with van der Waals surface area (Å²) < 4.78 is 38.7. The van der Waals surface area contributed by atoms with Crippen LogP contribution in [0, 0.1) is 34.5 Å². The van der Waals surface area contributed by atoms with Gasteiger partial charge in [-0.3, -0.25) is 19.4 Å². The Balaban J connectivity index is 1.61. The molecule has 10 nitrogen and oxygen atoms in total. The van der Waals surface area contributed by atoms with Gasteiger partial charge in [-0.1, -0.05) is 27.7 Å². The second-order valence-electron chi connectivity index (χ2n) is 10.3. The van der Waals surface area contributed by atoms with E-state index in [0.717, 1.165) is 0 Å². The molecule has 5 atom stereocenters. The molecule has 1 aliphatic carbocycles. The highest BCUT2D eigenvalue weighted by molar-refractivity contribution is 5.95. The van der Waals surface area contributed by atoms with Gasteiger partial charge in [0.2, 0.25) is 11.8 Å². The Bertz CT molecular complexity index is 1290. The minimum absolute atomic E-state index is 0.0534. The summed E-state index contributed by atoms with van der Waals surface area (Å²) in [6.45, 7) is 7.06. The zero-order chi connectivity index (χ0) is 27.3. The first-order valence-electron chi connectivity index (χ1n) is 11.7. The molecule has 0 bridgehead atoms. The van der Waals surface area contributed by atoms with E-state index >= 15 is 0 Å². The molecule has 37 heavy (non-hydrogen) atoms. The number of nitrogens with zero attached hydrogens (tertiary/aromatic N) is 5. The quantitative estimate of drug-likeness (QED) is 0.596. The lowest BCUT2D eigenvalue weighted by Crippen LogP contribution is -2.58. The van der Waals surface area contributed by atoms with Gasteiger partial charge in [0, 0.05) is 29.7 Å². The zero-order valence-corrected chi connectivity index (χ0v) is 20.6. The normalized spacial score (nSPS) is 23.6. The number of fused-ring (bicyclic) bond motifs is 2. The standard InChI is InChI=1S/C24H26F3N7O3/c1-11(2)17(32-22(37)24(25,26)27)21(36)34-10-14-16(23(14,3)4)19(34)20(35)31-15(7-28)18-13-5-6-29-8-12(13)9-30-33-18/h5-6,8-9,11,14-17,19H,10H2,1-4H3,(H,31,35)(H,32,37)/t14-,15+,16-,17-,19-/m0/s1. The molecule has 2 N–H and O–H groups in total. The first-order chi connectivity index (χ1) is 17.3. The Morgan fingerprint density at radius 2 is 1.92 bits per heavy atom. The molecule has 3 amide bonds. The lowest BCUT2D eigenvalue weighted by atomic mass is 9.97. The molecule has 0 spiro atoms. The van der Waals surface area contributed by atoms with Gasteiger partial charge in [0.25, 0.3) is 0 Å². The number of nitrogens with one attached hydrogen (secondary N) is 2. The van der Waals surface area contributed by atoms with Crippen LogP contribution in [-0.2, 0) is 14.4 Å². The molecule has 2 aliphatic rings. The second kappa shape index (κ2) is 9.24. The van der Waals surface area contributed by atoms with Gasteiger partial charge in [-0.15, -0.1) is 0 Å². The van der Waals surface area contributed by atoms with Crippen LogP contribution in [0.3, 0.4) is 0 Å². The number of hydrogen-bond acceptors (Lipinski definition) is 7. The molecule has 1 saturated heterocycles. The highest BCUT2D eigenvalue weighted by Crippen LogP contribution is 2.65. The number of piperidine rings is 1. The van der Waals surface area contributed by atoms with Gasteiger partial charge in [0.05, 0.1) is 12.3 Å². The van der Waals surface area contributed by atoms with E-state index in [0.29, 0.717) is 10.8 Å². The van der Waals surface area contributed by atoms with Crippen LogP contribution in [0.4, 0.5) is 13.2 Å². The van der Waals surface area contributed by atoms with Gasteiger partial charge in [0.15, 0.2) is 6.04 Å². The molecule has 2 fully saturated rings. The number of halogens is 3. The van der Waals surface area contributed by atoms with Crippen LogP contribution in [0.1, 0.15) is 39.4 Å². The van der Waals surface area contributed by atoms with E-state index in [1.165, 1.54) is 31.1 Å². The third kappa shape index (κ3) is 4.68. The molecule has 4 rings (SSSR count). The number of rotatable bonds is 6. The van der Waals surface area contributed by atoms with Crippen LogP contribution in [0.2, 0.25) is 0 Å². The monoisotopic (exact) mass is 517 g/mol. The lowest BCUT2D eigenvalue weighted by Gasteiger charge is -2.34. The van der Waals surface area contributed by atoms with Crippen LogP contribution in [0.5, 0.6) is 0 Å². The summed E-state index contributed by atoms with van der Waals surface area (Å²) in [5, 5.41) is 23.3. The van der Waals surface area contributed by atoms with Crippen molar-refractivity contribution in [1.29, 1.82) is 5.26 Å². The highest BCUT2D eigenvalue weighted by atomic mass is 19.4. The summed E-state index contributed by atoms with van der Waals surface area (Å²) in [6.07, 6.45) is -0.633. The summed E-state index contributed by atoms with van der Waals surface area (Å²) in [4.78, 5) is 43.8. The largest absolute Gasteiger partial charge is 0.471 e. The van der Waals surface area contributed by atoms with Crippen molar-refractivity contribution in [2.75, 3.05) is 6.54 Å². The molecule has 3 heterocycles. The summed E-state index contributed by atoms with van der Waals surface area (Å²) in [5.74, 6) is -4.61. The van der Waals surface area contributed by atoms with Crippen LogP contribution in [0.25, 0.3) is 10.8 Å². The van der Waals surface area contributed by atoms with Gasteiger partial charge in [0.1, 0.15) is 17.8 Å². The predicted molar refractivity (Wildman–Crippen MR) is 123 cm³/mol. The van der Waals surface area contributed by atoms with Crippen molar-refractivity contribution in [2.24, 2.45) is 23.2 Å². The maximum absolute atomic E-state index is 13.6. The molecule has 2 aromatic rings. The second-order valence-corrected chi connectivity index (χ2v) is 10.3. The number of hydrogen-bond donors (Lipinski definition) is 2. The molecule has 13 heteroatoms. The SMILES string of the molecule is CC(C)[C@H](NC(=O)C(F)(F)F)C(=O)N1C[C@H]2[C@@H]([C@H]1C(=O)N[C@H](C#N)c1nncc3cnccc13)C2(C)C. The number of carbonyl (C=O) groups is 3. The van der Waals surface area contributed by atoms with Gasteiger partial charge in [-0.05, 0) is 29.2 Å². The van der Waals surface area contributed by atoms with E-state index in [-0.39, 0.29) is 29.5 Å². The minimum atomic E-state index is -5.16. The Morgan fingerprint density at radius 3 is 2.54 bits per heavy atom. The average molecular weight is 518 g/mol. The third-order valence-electron chi connectivity index (χ3n) is 7.42. The van der Waals surface area contributed by atoms with Crippen molar-refractivity contribution >= 4 is 28.5 Å². The first kappa shape index (κ1) is 26.2. The maximum Gasteiger partial charge on any atom is 0.471 e. The van der Waals surface area contributed by atoms with Crippen LogP contribution < -0.4 is 10.6 Å². The fraction of sp³-hybridized carbons (Fsp3) is 0.542. The van der Waals surface area contributed by atoms with Crippen LogP contribution >= 0.6 is 0 Å². The number of pyridine rings is 1. The molecular weight excluding hydrogens is 491 g/mol. The van der Waals surface area contributed by atoms with Crippen LogP contribution in [-0.4, -0.2) is 62.6 Å². The number of nitriles is 1. The zero-order valence-electron chi connectivity index (χ0n) is 20.6. The first-order valence-corrected chi connectivity index (χ1v) is 11.7. The van der Waals surface area contributed by atoms with Gasteiger partial charge in [-0.2, -0.15) is 28.6 Å². The topological polar surface area (TPSA) is 141 Å². The molecule has 1 saturated carbocycles. The number of carbonyl (C=O) groups excluding carboxylic acids is 3. The van der Waals surface area contributed by atoms with Gasteiger partial charge >= 0.3 is 12.1 Å². The van der Waals surface area contributed by atoms with Crippen molar-refractivity contribution in [3.8, 4) is 6.07 Å². The summed E-state index contributed by atoms with van der Waals surface area (Å²) in [6, 6.07) is -0.0701. The number of alkyl halides is 3. The van der Waals surface area contributed by atoms with E-state index in [4.69, 9.17) is 0 Å². The Hall–Kier alpha value is -3.82. The Kier molecular flexibility index (Phi) is 6.56. The van der Waals surface area contributed by atoms with E-state index in [1.54, 1.807) is 17.6 Å². The highest BCUT2D eigenvalue weighted by Gasteiger charge is 2.69. The maximum atomic E-state index is 13.6. The average Bonchev–Trinajstić information content (AvgIpc) is 3.17. The van der Waals surface area contributed by atoms with Crippen molar-refractivity contribution in [3.63, 3.8) is 0 Å². The van der Waals surface area contributed by atoms with Crippen molar-refractivity contribution in [3.05, 3.63) is 30.4 Å². The van der Waals surface area contributed by atoms with E-state index in [9.17, 15) is 32.8 Å². The number of aromatic nitrogens is 3. The van der Waals surface area contributed by atoms with Gasteiger partial charge < -0.3 is 15.5 Å².